The van der Waals surface area contributed by atoms with Crippen LogP contribution in [0.4, 0.5) is 29.3 Å². The van der Waals surface area contributed by atoms with Crippen molar-refractivity contribution in [1.29, 1.82) is 0 Å². The van der Waals surface area contributed by atoms with Gasteiger partial charge in [-0.25, -0.2) is 9.48 Å². The van der Waals surface area contributed by atoms with Crippen LogP contribution in [0.3, 0.4) is 0 Å². The molecule has 0 aliphatic heterocycles. The molecule has 0 atom stereocenters. The van der Waals surface area contributed by atoms with E-state index < -0.39 is 23.9 Å². The quantitative estimate of drug-likeness (QED) is 0.118. The summed E-state index contributed by atoms with van der Waals surface area (Å²) in [5.41, 5.74) is 2.47. The number of rotatable bonds is 13. The number of aromatic nitrogens is 2. The van der Waals surface area contributed by atoms with E-state index in [2.05, 4.69) is 20.6 Å². The summed E-state index contributed by atoms with van der Waals surface area (Å²) in [5, 5.41) is 17.6. The first-order valence-corrected chi connectivity index (χ1v) is 15.8. The lowest BCUT2D eigenvalue weighted by atomic mass is 10.1. The minimum Gasteiger partial charge on any atom is -0.489 e. The van der Waals surface area contributed by atoms with Gasteiger partial charge in [0.15, 0.2) is 5.69 Å². The van der Waals surface area contributed by atoms with Crippen LogP contribution in [-0.4, -0.2) is 33.4 Å². The van der Waals surface area contributed by atoms with E-state index in [4.69, 9.17) is 9.84 Å². The van der Waals surface area contributed by atoms with Gasteiger partial charge in [0.2, 0.25) is 0 Å². The van der Waals surface area contributed by atoms with Gasteiger partial charge in [0.05, 0.1) is 5.69 Å². The number of anilines is 2. The van der Waals surface area contributed by atoms with Crippen LogP contribution in [0.25, 0.3) is 5.69 Å². The van der Waals surface area contributed by atoms with Crippen LogP contribution in [0, 0.1) is 5.92 Å². The molecule has 1 fully saturated rings. The van der Waals surface area contributed by atoms with Gasteiger partial charge >= 0.3 is 12.3 Å². The number of alkyl halides is 3. The first kappa shape index (κ1) is 33.1. The molecule has 1 aliphatic rings. The average molecular weight is 670 g/mol. The molecule has 6 rings (SSSR count). The number of hydrogen-bond acceptors (Lipinski definition) is 5. The zero-order chi connectivity index (χ0) is 34.4. The standard InChI is InChI=1S/C37H34F3N5O4/c38-37(39,40)34-20-33(45(43-34)31-13-5-9-27(18-31)21-41-36(47)48)35(46)42-29-11-4-10-28(17-29)23-44(22-25-15-16-25)30-12-6-14-32(19-30)49-24-26-7-2-1-3-8-26/h1-14,17-20,25,41H,15-16,21-24H2,(H,42,46)(H,47,48). The molecular weight excluding hydrogens is 635 g/mol. The second-order valence-electron chi connectivity index (χ2n) is 11.9. The average Bonchev–Trinajstić information content (AvgIpc) is 3.79. The number of benzene rings is 4. The van der Waals surface area contributed by atoms with Crippen LogP contribution in [0.5, 0.6) is 5.75 Å². The van der Waals surface area contributed by atoms with Crippen LogP contribution in [-0.2, 0) is 25.9 Å². The second kappa shape index (κ2) is 14.5. The molecule has 1 saturated carbocycles. The number of ether oxygens (including phenoxy) is 1. The smallest absolute Gasteiger partial charge is 0.435 e. The van der Waals surface area contributed by atoms with Crippen LogP contribution >= 0.6 is 0 Å². The van der Waals surface area contributed by atoms with Gasteiger partial charge in [-0.2, -0.15) is 18.3 Å². The Labute approximate surface area is 280 Å². The van der Waals surface area contributed by atoms with E-state index in [1.165, 1.54) is 12.1 Å². The van der Waals surface area contributed by atoms with Crippen molar-refractivity contribution in [2.45, 2.75) is 38.7 Å². The minimum atomic E-state index is -4.79. The summed E-state index contributed by atoms with van der Waals surface area (Å²) >= 11 is 0. The highest BCUT2D eigenvalue weighted by Gasteiger charge is 2.36. The lowest BCUT2D eigenvalue weighted by molar-refractivity contribution is -0.141. The molecule has 0 saturated heterocycles. The summed E-state index contributed by atoms with van der Waals surface area (Å²) in [7, 11) is 0. The number of nitrogens with zero attached hydrogens (tertiary/aromatic N) is 3. The Morgan fingerprint density at radius 2 is 1.61 bits per heavy atom. The largest absolute Gasteiger partial charge is 0.489 e. The van der Waals surface area contributed by atoms with Gasteiger partial charge < -0.3 is 25.4 Å². The van der Waals surface area contributed by atoms with Crippen molar-refractivity contribution in [3.63, 3.8) is 0 Å². The highest BCUT2D eigenvalue weighted by molar-refractivity contribution is 6.03. The van der Waals surface area contributed by atoms with Crippen molar-refractivity contribution in [1.82, 2.24) is 15.1 Å². The summed E-state index contributed by atoms with van der Waals surface area (Å²) in [6.07, 6.45) is -3.73. The predicted octanol–water partition coefficient (Wildman–Crippen LogP) is 7.91. The highest BCUT2D eigenvalue weighted by atomic mass is 19.4. The van der Waals surface area contributed by atoms with Crippen LogP contribution < -0.4 is 20.3 Å². The van der Waals surface area contributed by atoms with Crippen molar-refractivity contribution in [2.24, 2.45) is 5.92 Å². The fourth-order valence-corrected chi connectivity index (χ4v) is 5.40. The van der Waals surface area contributed by atoms with Gasteiger partial charge in [-0.1, -0.05) is 60.7 Å². The Balaban J connectivity index is 1.20. The molecule has 1 aromatic heterocycles. The second-order valence-corrected chi connectivity index (χ2v) is 11.9. The molecule has 0 spiro atoms. The molecule has 0 bridgehead atoms. The fraction of sp³-hybridized carbons (Fsp3) is 0.216. The van der Waals surface area contributed by atoms with Crippen molar-refractivity contribution < 1.29 is 32.6 Å². The minimum absolute atomic E-state index is 0.0757. The summed E-state index contributed by atoms with van der Waals surface area (Å²) in [6, 6.07) is 31.9. The number of carbonyl (C=O) groups excluding carboxylic acids is 1. The van der Waals surface area contributed by atoms with Crippen LogP contribution in [0.1, 0.15) is 45.7 Å². The molecule has 5 aromatic rings. The van der Waals surface area contributed by atoms with Gasteiger partial charge in [-0.05, 0) is 71.8 Å². The van der Waals surface area contributed by atoms with Crippen molar-refractivity contribution in [3.8, 4) is 11.4 Å². The van der Waals surface area contributed by atoms with Gasteiger partial charge in [-0.3, -0.25) is 4.79 Å². The maximum Gasteiger partial charge on any atom is 0.435 e. The molecule has 3 N–H and O–H groups in total. The Morgan fingerprint density at radius 3 is 2.37 bits per heavy atom. The highest BCUT2D eigenvalue weighted by Crippen LogP contribution is 2.34. The van der Waals surface area contributed by atoms with Crippen molar-refractivity contribution >= 4 is 23.4 Å². The molecule has 4 aromatic carbocycles. The first-order chi connectivity index (χ1) is 23.6. The molecule has 252 valence electrons. The van der Waals surface area contributed by atoms with Crippen molar-refractivity contribution in [2.75, 3.05) is 16.8 Å². The monoisotopic (exact) mass is 669 g/mol. The summed E-state index contributed by atoms with van der Waals surface area (Å²) < 4.78 is 48.2. The van der Waals surface area contributed by atoms with Gasteiger partial charge in [0.1, 0.15) is 18.1 Å². The first-order valence-electron chi connectivity index (χ1n) is 15.8. The third-order valence-electron chi connectivity index (χ3n) is 8.00. The van der Waals surface area contributed by atoms with E-state index in [1.807, 2.05) is 60.7 Å². The van der Waals surface area contributed by atoms with E-state index in [-0.39, 0.29) is 17.9 Å². The third-order valence-corrected chi connectivity index (χ3v) is 8.00. The van der Waals surface area contributed by atoms with E-state index in [9.17, 15) is 22.8 Å². The fourth-order valence-electron chi connectivity index (χ4n) is 5.40. The van der Waals surface area contributed by atoms with Crippen LogP contribution in [0.2, 0.25) is 0 Å². The Hall–Kier alpha value is -5.78. The van der Waals surface area contributed by atoms with Gasteiger partial charge in [-0.15, -0.1) is 0 Å². The molecule has 12 heteroatoms. The molecule has 1 aliphatic carbocycles. The Bertz CT molecular complexity index is 1920. The SMILES string of the molecule is O=C(O)NCc1cccc(-n2nc(C(F)(F)F)cc2C(=O)Nc2cccc(CN(CC3CC3)c3cccc(OCc4ccccc4)c3)c2)c1. The number of nitrogens with one attached hydrogen (secondary N) is 2. The molecule has 9 nitrogen and oxygen atoms in total. The molecule has 0 radical (unpaired) electrons. The van der Waals surface area contributed by atoms with Gasteiger partial charge in [0, 0.05) is 43.1 Å². The molecule has 0 unspecified atom stereocenters. The number of amides is 2. The van der Waals surface area contributed by atoms with E-state index in [0.717, 1.165) is 46.6 Å². The number of hydrogen-bond donors (Lipinski definition) is 3. The van der Waals surface area contributed by atoms with Gasteiger partial charge in [0.25, 0.3) is 5.91 Å². The normalized spacial score (nSPS) is 12.7. The lowest BCUT2D eigenvalue weighted by Gasteiger charge is -2.26. The topological polar surface area (TPSA) is 109 Å². The number of carboxylic acid groups (broad SMARTS) is 1. The maximum absolute atomic E-state index is 13.7. The molecular formula is C37H34F3N5O4. The molecule has 2 amide bonds. The summed E-state index contributed by atoms with van der Waals surface area (Å²) in [6.45, 7) is 1.76. The Kier molecular flexibility index (Phi) is 9.84. The maximum atomic E-state index is 13.7. The third kappa shape index (κ3) is 8.98. The predicted molar refractivity (Wildman–Crippen MR) is 179 cm³/mol. The summed E-state index contributed by atoms with van der Waals surface area (Å²) in [5.74, 6) is 0.548. The van der Waals surface area contributed by atoms with E-state index in [0.29, 0.717) is 36.4 Å². The van der Waals surface area contributed by atoms with E-state index in [1.54, 1.807) is 30.3 Å². The number of carbonyl (C=O) groups is 2. The summed E-state index contributed by atoms with van der Waals surface area (Å²) in [4.78, 5) is 26.7. The zero-order valence-corrected chi connectivity index (χ0v) is 26.4. The molecule has 1 heterocycles. The number of halogens is 3. The Morgan fingerprint density at radius 1 is 0.878 bits per heavy atom. The van der Waals surface area contributed by atoms with Crippen LogP contribution in [0.15, 0.2) is 109 Å². The van der Waals surface area contributed by atoms with Crippen molar-refractivity contribution in [3.05, 3.63) is 137 Å². The molecule has 49 heavy (non-hydrogen) atoms. The van der Waals surface area contributed by atoms with E-state index >= 15 is 0 Å². The lowest BCUT2D eigenvalue weighted by Crippen LogP contribution is -2.25. The zero-order valence-electron chi connectivity index (χ0n) is 26.4.